The molecule has 0 amide bonds. The van der Waals surface area contributed by atoms with Gasteiger partial charge in [-0.2, -0.15) is 5.10 Å². The Labute approximate surface area is 135 Å². The van der Waals surface area contributed by atoms with E-state index in [1.165, 1.54) is 23.4 Å². The Morgan fingerprint density at radius 3 is 3.04 bits per heavy atom. The minimum atomic E-state index is 0.773. The van der Waals surface area contributed by atoms with Gasteiger partial charge in [0.15, 0.2) is 0 Å². The number of hydrogen-bond donors (Lipinski definition) is 1. The third kappa shape index (κ3) is 2.32. The molecule has 1 aromatic carbocycles. The topological polar surface area (TPSA) is 52.0 Å². The number of fused-ring (bicyclic) bond motifs is 2. The van der Waals surface area contributed by atoms with Crippen molar-refractivity contribution >= 4 is 16.6 Å². The van der Waals surface area contributed by atoms with Crippen LogP contribution in [0.2, 0.25) is 0 Å². The highest BCUT2D eigenvalue weighted by atomic mass is 16.5. The van der Waals surface area contributed by atoms with Crippen LogP contribution in [0.4, 0.5) is 5.69 Å². The van der Waals surface area contributed by atoms with Crippen molar-refractivity contribution < 1.29 is 4.74 Å². The molecule has 3 aromatic rings. The molecule has 1 N–H and O–H groups in total. The zero-order valence-corrected chi connectivity index (χ0v) is 13.5. The lowest BCUT2D eigenvalue weighted by Gasteiger charge is -2.12. The summed E-state index contributed by atoms with van der Waals surface area (Å²) in [5.41, 5.74) is 5.93. The predicted molar refractivity (Wildman–Crippen MR) is 90.9 cm³/mol. The Hall–Kier alpha value is -2.56. The molecule has 0 aliphatic heterocycles. The van der Waals surface area contributed by atoms with Crippen molar-refractivity contribution in [2.45, 2.75) is 25.8 Å². The molecule has 4 rings (SSSR count). The number of anilines is 1. The number of aryl methyl sites for hydroxylation is 2. The van der Waals surface area contributed by atoms with Gasteiger partial charge in [0, 0.05) is 24.3 Å². The maximum Gasteiger partial charge on any atom is 0.145 e. The van der Waals surface area contributed by atoms with E-state index >= 15 is 0 Å². The minimum absolute atomic E-state index is 0.773. The number of methoxy groups -OCH3 is 1. The smallest absolute Gasteiger partial charge is 0.145 e. The number of nitrogens with one attached hydrogen (secondary N) is 1. The van der Waals surface area contributed by atoms with Crippen LogP contribution in [0, 0.1) is 0 Å². The number of rotatable bonds is 4. The fourth-order valence-corrected chi connectivity index (χ4v) is 3.45. The first-order valence-electron chi connectivity index (χ1n) is 7.97. The summed E-state index contributed by atoms with van der Waals surface area (Å²) in [6, 6.07) is 8.04. The van der Waals surface area contributed by atoms with Gasteiger partial charge in [-0.15, -0.1) is 0 Å². The molecule has 5 heteroatoms. The molecule has 0 atom stereocenters. The Kier molecular flexibility index (Phi) is 3.41. The molecule has 23 heavy (non-hydrogen) atoms. The van der Waals surface area contributed by atoms with Crippen LogP contribution in [0.15, 0.2) is 30.5 Å². The average molecular weight is 308 g/mol. The van der Waals surface area contributed by atoms with Gasteiger partial charge < -0.3 is 10.1 Å². The van der Waals surface area contributed by atoms with Crippen LogP contribution < -0.4 is 10.1 Å². The van der Waals surface area contributed by atoms with Crippen LogP contribution in [-0.4, -0.2) is 21.9 Å². The van der Waals surface area contributed by atoms with E-state index in [2.05, 4.69) is 27.5 Å². The van der Waals surface area contributed by atoms with Crippen molar-refractivity contribution in [3.05, 3.63) is 47.4 Å². The molecular weight excluding hydrogens is 288 g/mol. The molecule has 118 valence electrons. The Morgan fingerprint density at radius 1 is 1.26 bits per heavy atom. The second-order valence-electron chi connectivity index (χ2n) is 5.92. The van der Waals surface area contributed by atoms with Crippen molar-refractivity contribution in [2.24, 2.45) is 7.05 Å². The predicted octanol–water partition coefficient (Wildman–Crippen LogP) is 3.08. The largest absolute Gasteiger partial charge is 0.494 e. The Morgan fingerprint density at radius 2 is 2.17 bits per heavy atom. The number of ether oxygens (including phenoxy) is 1. The normalized spacial score (nSPS) is 13.3. The summed E-state index contributed by atoms with van der Waals surface area (Å²) >= 11 is 0. The van der Waals surface area contributed by atoms with E-state index < -0.39 is 0 Å². The summed E-state index contributed by atoms with van der Waals surface area (Å²) in [5.74, 6) is 0.799. The van der Waals surface area contributed by atoms with Gasteiger partial charge in [-0.05, 0) is 49.1 Å². The third-order valence-corrected chi connectivity index (χ3v) is 4.60. The lowest BCUT2D eigenvalue weighted by Crippen LogP contribution is -2.08. The molecule has 0 bridgehead atoms. The zero-order valence-electron chi connectivity index (χ0n) is 13.5. The highest BCUT2D eigenvalue weighted by Gasteiger charge is 2.20. The molecule has 0 saturated carbocycles. The molecule has 2 aromatic heterocycles. The molecule has 2 heterocycles. The van der Waals surface area contributed by atoms with Gasteiger partial charge in [0.2, 0.25) is 0 Å². The van der Waals surface area contributed by atoms with E-state index in [0.29, 0.717) is 0 Å². The zero-order chi connectivity index (χ0) is 15.8. The first kappa shape index (κ1) is 14.1. The van der Waals surface area contributed by atoms with Crippen molar-refractivity contribution in [1.29, 1.82) is 0 Å². The molecule has 0 unspecified atom stereocenters. The lowest BCUT2D eigenvalue weighted by atomic mass is 10.1. The van der Waals surface area contributed by atoms with Crippen LogP contribution >= 0.6 is 0 Å². The van der Waals surface area contributed by atoms with Crippen molar-refractivity contribution in [3.63, 3.8) is 0 Å². The van der Waals surface area contributed by atoms with Gasteiger partial charge >= 0.3 is 0 Å². The molecule has 0 saturated heterocycles. The number of benzene rings is 1. The SMILES string of the molecule is COc1ccc(NCc2c3c(nn2C)CCC3)c2cccnc12. The maximum atomic E-state index is 5.41. The van der Waals surface area contributed by atoms with Crippen LogP contribution in [0.3, 0.4) is 0 Å². The maximum absolute atomic E-state index is 5.41. The lowest BCUT2D eigenvalue weighted by molar-refractivity contribution is 0.419. The summed E-state index contributed by atoms with van der Waals surface area (Å²) in [4.78, 5) is 4.45. The van der Waals surface area contributed by atoms with Crippen LogP contribution in [0.25, 0.3) is 10.9 Å². The van der Waals surface area contributed by atoms with Crippen molar-refractivity contribution in [3.8, 4) is 5.75 Å². The highest BCUT2D eigenvalue weighted by molar-refractivity contribution is 5.95. The molecule has 0 radical (unpaired) electrons. The number of nitrogens with zero attached hydrogens (tertiary/aromatic N) is 3. The van der Waals surface area contributed by atoms with E-state index in [1.54, 1.807) is 13.3 Å². The van der Waals surface area contributed by atoms with E-state index in [9.17, 15) is 0 Å². The minimum Gasteiger partial charge on any atom is -0.494 e. The quantitative estimate of drug-likeness (QED) is 0.805. The van der Waals surface area contributed by atoms with Crippen LogP contribution in [0.5, 0.6) is 5.75 Å². The highest BCUT2D eigenvalue weighted by Crippen LogP contribution is 2.31. The summed E-state index contributed by atoms with van der Waals surface area (Å²) in [7, 11) is 3.71. The first-order chi connectivity index (χ1) is 11.3. The van der Waals surface area contributed by atoms with Gasteiger partial charge in [0.1, 0.15) is 11.3 Å². The van der Waals surface area contributed by atoms with Crippen LogP contribution in [0.1, 0.15) is 23.4 Å². The van der Waals surface area contributed by atoms with E-state index in [0.717, 1.165) is 41.7 Å². The standard InChI is InChI=1S/C18H20N4O/c1-22-16(12-5-3-7-15(12)21-22)11-20-14-8-9-17(23-2)18-13(14)6-4-10-19-18/h4,6,8-10,20H,3,5,7,11H2,1-2H3. The average Bonchev–Trinajstić information content (AvgIpc) is 3.13. The van der Waals surface area contributed by atoms with Gasteiger partial charge in [-0.3, -0.25) is 9.67 Å². The van der Waals surface area contributed by atoms with Gasteiger partial charge in [-0.25, -0.2) is 0 Å². The van der Waals surface area contributed by atoms with E-state index in [-0.39, 0.29) is 0 Å². The summed E-state index contributed by atoms with van der Waals surface area (Å²) in [5, 5.41) is 9.27. The van der Waals surface area contributed by atoms with Gasteiger partial charge in [0.25, 0.3) is 0 Å². The summed E-state index contributed by atoms with van der Waals surface area (Å²) in [6.07, 6.45) is 5.27. The van der Waals surface area contributed by atoms with Crippen LogP contribution in [-0.2, 0) is 26.4 Å². The number of pyridine rings is 1. The number of hydrogen-bond acceptors (Lipinski definition) is 4. The fourth-order valence-electron chi connectivity index (χ4n) is 3.45. The third-order valence-electron chi connectivity index (χ3n) is 4.60. The Balaban J connectivity index is 1.67. The molecule has 1 aliphatic carbocycles. The molecule has 0 fully saturated rings. The van der Waals surface area contributed by atoms with Crippen molar-refractivity contribution in [1.82, 2.24) is 14.8 Å². The molecule has 5 nitrogen and oxygen atoms in total. The van der Waals surface area contributed by atoms with E-state index in [4.69, 9.17) is 4.74 Å². The fraction of sp³-hybridized carbons (Fsp3) is 0.333. The van der Waals surface area contributed by atoms with E-state index in [1.807, 2.05) is 23.9 Å². The molecular formula is C18H20N4O. The summed E-state index contributed by atoms with van der Waals surface area (Å²) in [6.45, 7) is 0.773. The van der Waals surface area contributed by atoms with Gasteiger partial charge in [-0.1, -0.05) is 0 Å². The van der Waals surface area contributed by atoms with Crippen molar-refractivity contribution in [2.75, 3.05) is 12.4 Å². The first-order valence-corrected chi connectivity index (χ1v) is 7.97. The monoisotopic (exact) mass is 308 g/mol. The Bertz CT molecular complexity index is 869. The van der Waals surface area contributed by atoms with Gasteiger partial charge in [0.05, 0.1) is 25.0 Å². The molecule has 1 aliphatic rings. The second-order valence-corrected chi connectivity index (χ2v) is 5.92. The second kappa shape index (κ2) is 5.57. The molecule has 0 spiro atoms. The number of aromatic nitrogens is 3. The summed E-state index contributed by atoms with van der Waals surface area (Å²) < 4.78 is 7.42.